The predicted octanol–water partition coefficient (Wildman–Crippen LogP) is 5.07. The number of halogens is 1. The number of ether oxygens (including phenoxy) is 1. The van der Waals surface area contributed by atoms with Crippen LogP contribution in [0.1, 0.15) is 5.56 Å². The summed E-state index contributed by atoms with van der Waals surface area (Å²) in [7, 11) is 1.62. The Balaban J connectivity index is 1.55. The molecular weight excluding hydrogens is 439 g/mol. The highest BCUT2D eigenvalue weighted by molar-refractivity contribution is 7.99. The van der Waals surface area contributed by atoms with Gasteiger partial charge >= 0.3 is 0 Å². The second-order valence-corrected chi connectivity index (χ2v) is 8.18. The van der Waals surface area contributed by atoms with Crippen LogP contribution in [-0.2, 0) is 17.8 Å². The average Bonchev–Trinajstić information content (AvgIpc) is 3.24. The van der Waals surface area contributed by atoms with Crippen LogP contribution < -0.4 is 10.1 Å². The minimum Gasteiger partial charge on any atom is -0.496 e. The summed E-state index contributed by atoms with van der Waals surface area (Å²) < 4.78 is 20.9. The number of hydrogen-bond acceptors (Lipinski definition) is 5. The number of carbonyl (C=O) groups is 1. The monoisotopic (exact) mass is 462 g/mol. The summed E-state index contributed by atoms with van der Waals surface area (Å²) in [5.74, 6) is 0.846. The molecule has 0 saturated heterocycles. The van der Waals surface area contributed by atoms with Crippen LogP contribution in [0.3, 0.4) is 0 Å². The number of methoxy groups -OCH3 is 1. The van der Waals surface area contributed by atoms with Crippen molar-refractivity contribution in [1.29, 1.82) is 0 Å². The van der Waals surface area contributed by atoms with E-state index in [1.807, 2.05) is 47.0 Å². The van der Waals surface area contributed by atoms with Crippen molar-refractivity contribution in [2.45, 2.75) is 18.1 Å². The maximum Gasteiger partial charge on any atom is 0.234 e. The normalized spacial score (nSPS) is 10.7. The van der Waals surface area contributed by atoms with E-state index in [1.165, 1.54) is 29.5 Å². The van der Waals surface area contributed by atoms with Crippen molar-refractivity contribution >= 4 is 23.4 Å². The minimum absolute atomic E-state index is 0.117. The Bertz CT molecular complexity index is 1230. The Labute approximate surface area is 195 Å². The van der Waals surface area contributed by atoms with Crippen molar-refractivity contribution in [3.8, 4) is 17.1 Å². The first-order valence-corrected chi connectivity index (χ1v) is 11.4. The number of rotatable bonds is 9. The molecule has 1 amide bonds. The maximum absolute atomic E-state index is 13.4. The molecule has 0 aliphatic carbocycles. The highest BCUT2D eigenvalue weighted by atomic mass is 32.2. The van der Waals surface area contributed by atoms with Crippen molar-refractivity contribution in [1.82, 2.24) is 14.8 Å². The summed E-state index contributed by atoms with van der Waals surface area (Å²) >= 11 is 1.29. The van der Waals surface area contributed by atoms with E-state index >= 15 is 0 Å². The molecule has 8 heteroatoms. The number of hydrogen-bond donors (Lipinski definition) is 1. The van der Waals surface area contributed by atoms with Crippen molar-refractivity contribution in [3.05, 3.63) is 90.2 Å². The lowest BCUT2D eigenvalue weighted by molar-refractivity contribution is -0.113. The molecule has 0 bridgehead atoms. The molecule has 1 aromatic heterocycles. The van der Waals surface area contributed by atoms with Crippen LogP contribution >= 0.6 is 11.8 Å². The van der Waals surface area contributed by atoms with Gasteiger partial charge in [-0.05, 0) is 42.3 Å². The van der Waals surface area contributed by atoms with Gasteiger partial charge in [-0.2, -0.15) is 0 Å². The van der Waals surface area contributed by atoms with Crippen LogP contribution in [0.4, 0.5) is 10.1 Å². The fraction of sp³-hybridized carbons (Fsp3) is 0.160. The maximum atomic E-state index is 13.4. The van der Waals surface area contributed by atoms with E-state index in [0.717, 1.165) is 12.0 Å². The number of thioether (sulfide) groups is 1. The third-order valence-electron chi connectivity index (χ3n) is 4.97. The third kappa shape index (κ3) is 5.78. The number of amides is 1. The molecule has 0 atom stereocenters. The van der Waals surface area contributed by atoms with Gasteiger partial charge in [0.05, 0.1) is 18.4 Å². The summed E-state index contributed by atoms with van der Waals surface area (Å²) in [6, 6.07) is 23.6. The summed E-state index contributed by atoms with van der Waals surface area (Å²) in [5, 5.41) is 12.1. The van der Waals surface area contributed by atoms with Gasteiger partial charge in [-0.25, -0.2) is 4.39 Å². The molecular formula is C25H23FN4O2S. The molecule has 33 heavy (non-hydrogen) atoms. The van der Waals surface area contributed by atoms with Crippen molar-refractivity contribution in [2.24, 2.45) is 0 Å². The highest BCUT2D eigenvalue weighted by Gasteiger charge is 2.18. The van der Waals surface area contributed by atoms with E-state index in [2.05, 4.69) is 27.6 Å². The van der Waals surface area contributed by atoms with Gasteiger partial charge in [0.25, 0.3) is 0 Å². The number of anilines is 1. The molecule has 168 valence electrons. The number of aryl methyl sites for hydroxylation is 1. The lowest BCUT2D eigenvalue weighted by Crippen LogP contribution is -2.15. The summed E-state index contributed by atoms with van der Waals surface area (Å²) in [4.78, 5) is 12.4. The van der Waals surface area contributed by atoms with Gasteiger partial charge in [0.2, 0.25) is 5.91 Å². The first-order valence-electron chi connectivity index (χ1n) is 10.4. The van der Waals surface area contributed by atoms with E-state index in [0.29, 0.717) is 29.0 Å². The zero-order valence-corrected chi connectivity index (χ0v) is 18.9. The molecule has 0 aliphatic heterocycles. The Morgan fingerprint density at radius 3 is 2.61 bits per heavy atom. The zero-order chi connectivity index (χ0) is 23.0. The molecule has 0 aliphatic rings. The summed E-state index contributed by atoms with van der Waals surface area (Å²) in [6.07, 6.45) is 0.782. The lowest BCUT2D eigenvalue weighted by Gasteiger charge is -2.12. The van der Waals surface area contributed by atoms with Crippen LogP contribution in [0.5, 0.6) is 5.75 Å². The van der Waals surface area contributed by atoms with Crippen LogP contribution in [0.2, 0.25) is 0 Å². The van der Waals surface area contributed by atoms with Gasteiger partial charge in [0.1, 0.15) is 11.6 Å². The standard InChI is InChI=1S/C25H23FN4O2S/c1-32-22-13-6-5-12-21(22)24-28-29-25(30(24)15-14-18-8-3-2-4-9-18)33-17-23(31)27-20-11-7-10-19(26)16-20/h2-13,16H,14-15,17H2,1H3,(H,27,31). The summed E-state index contributed by atoms with van der Waals surface area (Å²) in [5.41, 5.74) is 2.44. The molecule has 0 spiro atoms. The van der Waals surface area contributed by atoms with Crippen LogP contribution in [-0.4, -0.2) is 33.5 Å². The van der Waals surface area contributed by atoms with E-state index in [1.54, 1.807) is 19.2 Å². The van der Waals surface area contributed by atoms with E-state index in [-0.39, 0.29) is 11.7 Å². The third-order valence-corrected chi connectivity index (χ3v) is 5.94. The summed E-state index contributed by atoms with van der Waals surface area (Å²) in [6.45, 7) is 0.637. The molecule has 1 N–H and O–H groups in total. The van der Waals surface area contributed by atoms with Gasteiger partial charge in [-0.1, -0.05) is 60.3 Å². The number of benzene rings is 3. The lowest BCUT2D eigenvalue weighted by atomic mass is 10.1. The number of nitrogens with one attached hydrogen (secondary N) is 1. The molecule has 4 aromatic rings. The first kappa shape index (κ1) is 22.5. The fourth-order valence-electron chi connectivity index (χ4n) is 3.40. The Morgan fingerprint density at radius 2 is 1.82 bits per heavy atom. The highest BCUT2D eigenvalue weighted by Crippen LogP contribution is 2.31. The fourth-order valence-corrected chi connectivity index (χ4v) is 4.17. The van der Waals surface area contributed by atoms with Gasteiger partial charge in [-0.3, -0.25) is 4.79 Å². The molecule has 0 fully saturated rings. The molecule has 1 heterocycles. The smallest absolute Gasteiger partial charge is 0.234 e. The van der Waals surface area contributed by atoms with E-state index in [9.17, 15) is 9.18 Å². The second kappa shape index (κ2) is 10.8. The predicted molar refractivity (Wildman–Crippen MR) is 128 cm³/mol. The first-order chi connectivity index (χ1) is 16.1. The van der Waals surface area contributed by atoms with Crippen molar-refractivity contribution in [3.63, 3.8) is 0 Å². The van der Waals surface area contributed by atoms with Gasteiger partial charge < -0.3 is 14.6 Å². The van der Waals surface area contributed by atoms with Crippen molar-refractivity contribution in [2.75, 3.05) is 18.2 Å². The minimum atomic E-state index is -0.400. The number of para-hydroxylation sites is 1. The van der Waals surface area contributed by atoms with E-state index < -0.39 is 5.82 Å². The molecule has 3 aromatic carbocycles. The van der Waals surface area contributed by atoms with Gasteiger partial charge in [-0.15, -0.1) is 10.2 Å². The second-order valence-electron chi connectivity index (χ2n) is 7.24. The van der Waals surface area contributed by atoms with E-state index in [4.69, 9.17) is 4.74 Å². The van der Waals surface area contributed by atoms with Crippen LogP contribution in [0.25, 0.3) is 11.4 Å². The van der Waals surface area contributed by atoms with Crippen LogP contribution in [0.15, 0.2) is 84.0 Å². The molecule has 0 radical (unpaired) electrons. The molecule has 6 nitrogen and oxygen atoms in total. The SMILES string of the molecule is COc1ccccc1-c1nnc(SCC(=O)Nc2cccc(F)c2)n1CCc1ccccc1. The number of aromatic nitrogens is 3. The quantitative estimate of drug-likeness (QED) is 0.352. The number of nitrogens with zero attached hydrogens (tertiary/aromatic N) is 3. The topological polar surface area (TPSA) is 69.0 Å². The zero-order valence-electron chi connectivity index (χ0n) is 18.1. The van der Waals surface area contributed by atoms with Crippen LogP contribution in [0, 0.1) is 5.82 Å². The van der Waals surface area contributed by atoms with Crippen molar-refractivity contribution < 1.29 is 13.9 Å². The Morgan fingerprint density at radius 1 is 1.03 bits per heavy atom. The Kier molecular flexibility index (Phi) is 7.36. The molecule has 4 rings (SSSR count). The Hall–Kier alpha value is -3.65. The molecule has 0 saturated carbocycles. The average molecular weight is 463 g/mol. The number of carbonyl (C=O) groups excluding carboxylic acids is 1. The molecule has 0 unspecified atom stereocenters. The van der Waals surface area contributed by atoms with Gasteiger partial charge in [0, 0.05) is 12.2 Å². The largest absolute Gasteiger partial charge is 0.496 e. The van der Waals surface area contributed by atoms with Gasteiger partial charge in [0.15, 0.2) is 11.0 Å².